The number of aryl methyl sites for hydroxylation is 1. The van der Waals surface area contributed by atoms with Gasteiger partial charge in [-0.25, -0.2) is 0 Å². The van der Waals surface area contributed by atoms with Crippen molar-refractivity contribution in [1.29, 1.82) is 0 Å². The Balaban J connectivity index is 0.000000982. The van der Waals surface area contributed by atoms with Crippen molar-refractivity contribution in [2.24, 2.45) is 5.92 Å². The van der Waals surface area contributed by atoms with Crippen LogP contribution in [0.5, 0.6) is 5.75 Å². The third-order valence-electron chi connectivity index (χ3n) is 2.97. The van der Waals surface area contributed by atoms with Crippen molar-refractivity contribution in [1.82, 2.24) is 0 Å². The molecule has 0 aliphatic carbocycles. The number of phenolic OH excluding ortho intramolecular Hbond substituents is 1. The van der Waals surface area contributed by atoms with Crippen molar-refractivity contribution in [3.05, 3.63) is 29.8 Å². The molecule has 3 nitrogen and oxygen atoms in total. The first-order valence-electron chi connectivity index (χ1n) is 6.90. The van der Waals surface area contributed by atoms with Gasteiger partial charge in [0.15, 0.2) is 0 Å². The molecule has 0 heterocycles. The standard InChI is InChI=1S/C15H24O.H2O.O.Ti/c1-13(2)9-5-3-4-6-10-14-11-7-8-12-15(14)16;;;/h7-8,11-13,16H,3-6,9-10H2,1-2H3;1H2;;/q;;;+1/p-1. The second-order valence-electron chi connectivity index (χ2n) is 5.07. The van der Waals surface area contributed by atoms with Crippen molar-refractivity contribution in [2.45, 2.75) is 52.4 Å². The summed E-state index contributed by atoms with van der Waals surface area (Å²) in [4.78, 5) is 0. The average molecular weight is 301 g/mol. The Morgan fingerprint density at radius 1 is 1.11 bits per heavy atom. The predicted octanol–water partition coefficient (Wildman–Crippen LogP) is 3.86. The number of rotatable bonds is 7. The minimum absolute atomic E-state index is 0.449. The van der Waals surface area contributed by atoms with E-state index in [-0.39, 0.29) is 0 Å². The number of unbranched alkanes of at least 4 members (excludes halogenated alkanes) is 3. The fourth-order valence-electron chi connectivity index (χ4n) is 1.94. The van der Waals surface area contributed by atoms with Gasteiger partial charge in [-0.3, -0.25) is 0 Å². The van der Waals surface area contributed by atoms with Gasteiger partial charge in [-0.2, -0.15) is 0 Å². The van der Waals surface area contributed by atoms with Gasteiger partial charge >= 0.3 is 26.5 Å². The molecule has 1 rings (SSSR count). The quantitative estimate of drug-likeness (QED) is 0.594. The van der Waals surface area contributed by atoms with Crippen LogP contribution < -0.4 is 0 Å². The van der Waals surface area contributed by atoms with E-state index in [1.165, 1.54) is 32.1 Å². The molecule has 0 bridgehead atoms. The van der Waals surface area contributed by atoms with Gasteiger partial charge < -0.3 is 5.11 Å². The molecule has 0 aromatic heterocycles. The molecule has 1 aromatic carbocycles. The Morgan fingerprint density at radius 3 is 2.26 bits per heavy atom. The molecule has 2 N–H and O–H groups in total. The monoisotopic (exact) mass is 301 g/mol. The second kappa shape index (κ2) is 12.5. The average Bonchev–Trinajstić information content (AvgIpc) is 2.36. The van der Waals surface area contributed by atoms with Gasteiger partial charge in [0.25, 0.3) is 0 Å². The van der Waals surface area contributed by atoms with Gasteiger partial charge in [0.1, 0.15) is 5.75 Å². The van der Waals surface area contributed by atoms with Crippen molar-refractivity contribution in [3.8, 4) is 5.75 Å². The van der Waals surface area contributed by atoms with E-state index in [1.54, 1.807) is 6.07 Å². The Hall–Kier alpha value is -0.506. The normalized spacial score (nSPS) is 9.68. The van der Waals surface area contributed by atoms with E-state index in [1.807, 2.05) is 18.2 Å². The SMILES string of the molecule is CC(C)CCCCCCc1ccccc1O.[O]=[Ti][OH]. The molecule has 0 aliphatic heterocycles. The Labute approximate surface area is 125 Å². The molecule has 19 heavy (non-hydrogen) atoms. The third-order valence-corrected chi connectivity index (χ3v) is 2.97. The van der Waals surface area contributed by atoms with Crippen LogP contribution >= 0.6 is 0 Å². The van der Waals surface area contributed by atoms with E-state index >= 15 is 0 Å². The van der Waals surface area contributed by atoms with Crippen molar-refractivity contribution in [3.63, 3.8) is 0 Å². The van der Waals surface area contributed by atoms with Crippen LogP contribution in [-0.4, -0.2) is 8.79 Å². The van der Waals surface area contributed by atoms with Crippen LogP contribution in [0.15, 0.2) is 24.3 Å². The number of hydrogen-bond donors (Lipinski definition) is 2. The van der Waals surface area contributed by atoms with Gasteiger partial charge in [0.2, 0.25) is 0 Å². The van der Waals surface area contributed by atoms with Gasteiger partial charge in [-0.1, -0.05) is 57.7 Å². The molecule has 0 radical (unpaired) electrons. The van der Waals surface area contributed by atoms with Gasteiger partial charge in [0.05, 0.1) is 0 Å². The van der Waals surface area contributed by atoms with Crippen LogP contribution in [-0.2, 0) is 29.3 Å². The van der Waals surface area contributed by atoms with Crippen LogP contribution in [0.3, 0.4) is 0 Å². The minimum atomic E-state index is -1.75. The van der Waals surface area contributed by atoms with Gasteiger partial charge in [-0.15, -0.1) is 0 Å². The number of phenols is 1. The van der Waals surface area contributed by atoms with Crippen LogP contribution in [0.25, 0.3) is 0 Å². The van der Waals surface area contributed by atoms with E-state index in [4.69, 9.17) is 7.01 Å². The second-order valence-corrected chi connectivity index (χ2v) is 5.35. The number of hydrogen-bond acceptors (Lipinski definition) is 2. The Bertz CT molecular complexity index is 340. The van der Waals surface area contributed by atoms with Gasteiger partial charge in [0, 0.05) is 0 Å². The summed E-state index contributed by atoms with van der Waals surface area (Å²) in [5.41, 5.74) is 1.09. The van der Waals surface area contributed by atoms with Crippen LogP contribution in [0.1, 0.15) is 51.5 Å². The molecule has 0 fully saturated rings. The van der Waals surface area contributed by atoms with E-state index in [0.29, 0.717) is 5.75 Å². The van der Waals surface area contributed by atoms with Crippen molar-refractivity contribution >= 4 is 0 Å². The molecule has 1 aromatic rings. The summed E-state index contributed by atoms with van der Waals surface area (Å²) in [6, 6.07) is 7.66. The first-order chi connectivity index (χ1) is 9.11. The predicted molar refractivity (Wildman–Crippen MR) is 72.6 cm³/mol. The maximum absolute atomic E-state index is 9.59. The number of benzene rings is 1. The van der Waals surface area contributed by atoms with Crippen molar-refractivity contribution in [2.75, 3.05) is 0 Å². The Kier molecular flexibility index (Phi) is 12.2. The summed E-state index contributed by atoms with van der Waals surface area (Å²) < 4.78 is 15.8. The molecule has 0 saturated heterocycles. The first kappa shape index (κ1) is 18.5. The summed E-state index contributed by atoms with van der Waals surface area (Å²) >= 11 is -1.75. The molecule has 0 saturated carbocycles. The van der Waals surface area contributed by atoms with Gasteiger partial charge in [-0.05, 0) is 30.4 Å². The molecule has 4 heteroatoms. The zero-order valence-electron chi connectivity index (χ0n) is 11.9. The van der Waals surface area contributed by atoms with E-state index in [2.05, 4.69) is 13.8 Å². The van der Waals surface area contributed by atoms with E-state index in [9.17, 15) is 5.11 Å². The fraction of sp³-hybridized carbons (Fsp3) is 0.600. The van der Waals surface area contributed by atoms with Crippen LogP contribution in [0.4, 0.5) is 0 Å². The zero-order valence-corrected chi connectivity index (χ0v) is 13.5. The molecule has 107 valence electrons. The topological polar surface area (TPSA) is 57.5 Å². The molecule has 0 aliphatic rings. The third kappa shape index (κ3) is 11.1. The fourth-order valence-corrected chi connectivity index (χ4v) is 1.94. The molecule has 0 amide bonds. The number of para-hydroxylation sites is 1. The molecule has 0 spiro atoms. The summed E-state index contributed by atoms with van der Waals surface area (Å²) in [6.45, 7) is 4.56. The molecular weight excluding hydrogens is 276 g/mol. The molecular formula is C15H25O3Ti. The van der Waals surface area contributed by atoms with Crippen LogP contribution in [0, 0.1) is 5.92 Å². The summed E-state index contributed by atoms with van der Waals surface area (Å²) in [5.74, 6) is 1.28. The first-order valence-corrected chi connectivity index (χ1v) is 8.23. The van der Waals surface area contributed by atoms with Crippen molar-refractivity contribution < 1.29 is 31.6 Å². The summed E-state index contributed by atoms with van der Waals surface area (Å²) in [6.07, 6.45) is 7.49. The Morgan fingerprint density at radius 2 is 1.68 bits per heavy atom. The summed E-state index contributed by atoms with van der Waals surface area (Å²) in [5, 5.41) is 9.59. The number of aromatic hydroxyl groups is 1. The zero-order chi connectivity index (χ0) is 14.5. The summed E-state index contributed by atoms with van der Waals surface area (Å²) in [7, 11) is 0. The molecule has 0 unspecified atom stereocenters. The van der Waals surface area contributed by atoms with E-state index in [0.717, 1.165) is 17.9 Å². The van der Waals surface area contributed by atoms with Crippen LogP contribution in [0.2, 0.25) is 0 Å². The maximum atomic E-state index is 9.59. The molecule has 0 atom stereocenters. The van der Waals surface area contributed by atoms with E-state index < -0.39 is 19.5 Å².